The average molecular weight is 290 g/mol. The van der Waals surface area contributed by atoms with Gasteiger partial charge in [-0.2, -0.15) is 0 Å². The average Bonchev–Trinajstić information content (AvgIpc) is 3.00. The fourth-order valence-electron chi connectivity index (χ4n) is 2.24. The number of nitrogens with zero attached hydrogens (tertiary/aromatic N) is 2. The van der Waals surface area contributed by atoms with Crippen molar-refractivity contribution in [1.82, 2.24) is 15.3 Å². The molecule has 1 saturated heterocycles. The van der Waals surface area contributed by atoms with Gasteiger partial charge in [0.05, 0.1) is 24.0 Å². The van der Waals surface area contributed by atoms with Gasteiger partial charge in [0.2, 0.25) is 0 Å². The number of hydrogen-bond acceptors (Lipinski definition) is 4. The summed E-state index contributed by atoms with van der Waals surface area (Å²) in [5, 5.41) is 3.97. The van der Waals surface area contributed by atoms with E-state index in [1.165, 1.54) is 6.42 Å². The predicted octanol–water partition coefficient (Wildman–Crippen LogP) is 2.79. The van der Waals surface area contributed by atoms with Gasteiger partial charge >= 0.3 is 0 Å². The van der Waals surface area contributed by atoms with Crippen molar-refractivity contribution in [2.75, 3.05) is 19.7 Å². The van der Waals surface area contributed by atoms with Gasteiger partial charge < -0.3 is 10.1 Å². The number of nitrogens with one attached hydrogen (secondary N) is 1. The number of hydrogen-bond donors (Lipinski definition) is 1. The minimum atomic E-state index is 0.582. The van der Waals surface area contributed by atoms with E-state index in [-0.39, 0.29) is 0 Å². The number of ether oxygens (including phenoxy) is 1. The zero-order valence-corrected chi connectivity index (χ0v) is 11.8. The van der Waals surface area contributed by atoms with E-state index in [1.807, 2.05) is 24.3 Å². The van der Waals surface area contributed by atoms with Crippen LogP contribution in [0, 0.1) is 5.92 Å². The molecule has 0 aliphatic carbocycles. The molecule has 0 radical (unpaired) electrons. The summed E-state index contributed by atoms with van der Waals surface area (Å²) in [6.45, 7) is 2.82. The van der Waals surface area contributed by atoms with E-state index in [0.29, 0.717) is 29.1 Å². The molecule has 0 bridgehead atoms. The van der Waals surface area contributed by atoms with E-state index in [4.69, 9.17) is 16.3 Å². The molecule has 1 unspecified atom stereocenters. The molecule has 5 heteroatoms. The lowest BCUT2D eigenvalue weighted by molar-refractivity contribution is 0.258. The molecule has 0 spiro atoms. The van der Waals surface area contributed by atoms with E-state index in [1.54, 1.807) is 12.4 Å². The van der Waals surface area contributed by atoms with E-state index in [2.05, 4.69) is 15.3 Å². The van der Waals surface area contributed by atoms with Crippen molar-refractivity contribution in [2.45, 2.75) is 6.42 Å². The van der Waals surface area contributed by atoms with Gasteiger partial charge in [-0.25, -0.2) is 9.97 Å². The smallest absolute Gasteiger partial charge is 0.160 e. The van der Waals surface area contributed by atoms with Crippen molar-refractivity contribution in [3.8, 4) is 17.1 Å². The van der Waals surface area contributed by atoms with Gasteiger partial charge in [0.1, 0.15) is 0 Å². The van der Waals surface area contributed by atoms with E-state index >= 15 is 0 Å². The number of aromatic nitrogens is 2. The third kappa shape index (κ3) is 3.08. The lowest BCUT2D eigenvalue weighted by Crippen LogP contribution is -2.15. The molecule has 1 atom stereocenters. The Balaban J connectivity index is 1.66. The van der Waals surface area contributed by atoms with Crippen LogP contribution in [0.4, 0.5) is 0 Å². The van der Waals surface area contributed by atoms with Gasteiger partial charge in [0, 0.05) is 18.0 Å². The number of halogens is 1. The Labute approximate surface area is 123 Å². The quantitative estimate of drug-likeness (QED) is 0.940. The maximum atomic E-state index is 6.13. The molecule has 1 aromatic carbocycles. The second-order valence-corrected chi connectivity index (χ2v) is 5.30. The van der Waals surface area contributed by atoms with Gasteiger partial charge in [-0.05, 0) is 25.1 Å². The Hall–Kier alpha value is -1.65. The predicted molar refractivity (Wildman–Crippen MR) is 78.9 cm³/mol. The highest BCUT2D eigenvalue weighted by atomic mass is 35.5. The first-order valence-corrected chi connectivity index (χ1v) is 7.11. The van der Waals surface area contributed by atoms with Crippen molar-refractivity contribution in [1.29, 1.82) is 0 Å². The number of rotatable bonds is 4. The van der Waals surface area contributed by atoms with Gasteiger partial charge in [-0.15, -0.1) is 0 Å². The zero-order chi connectivity index (χ0) is 13.8. The Bertz CT molecular complexity index is 568. The van der Waals surface area contributed by atoms with Gasteiger partial charge in [-0.3, -0.25) is 0 Å². The zero-order valence-electron chi connectivity index (χ0n) is 11.1. The van der Waals surface area contributed by atoms with Crippen LogP contribution >= 0.6 is 11.6 Å². The van der Waals surface area contributed by atoms with Crippen LogP contribution < -0.4 is 10.1 Å². The van der Waals surface area contributed by atoms with Crippen LogP contribution in [0.5, 0.6) is 5.75 Å². The van der Waals surface area contributed by atoms with Gasteiger partial charge in [0.25, 0.3) is 0 Å². The molecular formula is C15H16ClN3O. The number of benzene rings is 1. The molecule has 3 rings (SSSR count). The summed E-state index contributed by atoms with van der Waals surface area (Å²) in [5.74, 6) is 1.90. The SMILES string of the molecule is Clc1ccccc1-c1ncc(OCC2CCNC2)cn1. The van der Waals surface area contributed by atoms with Crippen LogP contribution in [0.3, 0.4) is 0 Å². The first kappa shape index (κ1) is 13.3. The maximum absolute atomic E-state index is 6.13. The van der Waals surface area contributed by atoms with Crippen molar-refractivity contribution < 1.29 is 4.74 Å². The molecule has 1 fully saturated rings. The minimum Gasteiger partial charge on any atom is -0.490 e. The fraction of sp³-hybridized carbons (Fsp3) is 0.333. The lowest BCUT2D eigenvalue weighted by Gasteiger charge is -2.10. The second-order valence-electron chi connectivity index (χ2n) is 4.89. The van der Waals surface area contributed by atoms with Crippen molar-refractivity contribution >= 4 is 11.6 Å². The van der Waals surface area contributed by atoms with Crippen molar-refractivity contribution in [2.24, 2.45) is 5.92 Å². The van der Waals surface area contributed by atoms with Gasteiger partial charge in [-0.1, -0.05) is 23.7 Å². The summed E-state index contributed by atoms with van der Waals surface area (Å²) in [6, 6.07) is 7.54. The lowest BCUT2D eigenvalue weighted by atomic mass is 10.1. The molecule has 1 aliphatic rings. The van der Waals surface area contributed by atoms with Crippen molar-refractivity contribution in [3.63, 3.8) is 0 Å². The van der Waals surface area contributed by atoms with Crippen LogP contribution in [-0.4, -0.2) is 29.7 Å². The van der Waals surface area contributed by atoms with Crippen LogP contribution in [0.15, 0.2) is 36.7 Å². The minimum absolute atomic E-state index is 0.582. The Morgan fingerprint density at radius 3 is 2.75 bits per heavy atom. The van der Waals surface area contributed by atoms with Crippen LogP contribution in [-0.2, 0) is 0 Å². The van der Waals surface area contributed by atoms with Crippen LogP contribution in [0.2, 0.25) is 5.02 Å². The molecule has 104 valence electrons. The summed E-state index contributed by atoms with van der Waals surface area (Å²) >= 11 is 6.13. The van der Waals surface area contributed by atoms with Crippen LogP contribution in [0.25, 0.3) is 11.4 Å². The molecule has 0 saturated carbocycles. The molecule has 4 nitrogen and oxygen atoms in total. The first-order chi connectivity index (χ1) is 9.83. The van der Waals surface area contributed by atoms with E-state index in [9.17, 15) is 0 Å². The molecule has 1 N–H and O–H groups in total. The molecule has 2 aromatic rings. The molecule has 2 heterocycles. The monoisotopic (exact) mass is 289 g/mol. The standard InChI is InChI=1S/C15H16ClN3O/c16-14-4-2-1-3-13(14)15-18-8-12(9-19-15)20-10-11-5-6-17-7-11/h1-4,8-9,11,17H,5-7,10H2. The fourth-order valence-corrected chi connectivity index (χ4v) is 2.46. The van der Waals surface area contributed by atoms with Crippen molar-refractivity contribution in [3.05, 3.63) is 41.7 Å². The highest BCUT2D eigenvalue weighted by Crippen LogP contribution is 2.25. The Morgan fingerprint density at radius 1 is 1.25 bits per heavy atom. The summed E-state index contributed by atoms with van der Waals surface area (Å²) in [5.41, 5.74) is 0.834. The summed E-state index contributed by atoms with van der Waals surface area (Å²) in [6.07, 6.45) is 4.57. The summed E-state index contributed by atoms with van der Waals surface area (Å²) < 4.78 is 5.71. The molecular weight excluding hydrogens is 274 g/mol. The van der Waals surface area contributed by atoms with E-state index in [0.717, 1.165) is 18.7 Å². The summed E-state index contributed by atoms with van der Waals surface area (Å²) in [4.78, 5) is 8.64. The Kier molecular flexibility index (Phi) is 4.14. The highest BCUT2D eigenvalue weighted by Gasteiger charge is 2.15. The molecule has 1 aromatic heterocycles. The highest BCUT2D eigenvalue weighted by molar-refractivity contribution is 6.33. The summed E-state index contributed by atoms with van der Waals surface area (Å²) in [7, 11) is 0. The topological polar surface area (TPSA) is 47.0 Å². The molecule has 20 heavy (non-hydrogen) atoms. The van der Waals surface area contributed by atoms with E-state index < -0.39 is 0 Å². The maximum Gasteiger partial charge on any atom is 0.160 e. The first-order valence-electron chi connectivity index (χ1n) is 6.73. The second kappa shape index (κ2) is 6.20. The third-order valence-electron chi connectivity index (χ3n) is 3.39. The molecule has 1 aliphatic heterocycles. The molecule has 0 amide bonds. The van der Waals surface area contributed by atoms with Crippen LogP contribution in [0.1, 0.15) is 6.42 Å². The normalized spacial score (nSPS) is 18.1. The largest absolute Gasteiger partial charge is 0.490 e. The Morgan fingerprint density at radius 2 is 2.05 bits per heavy atom. The third-order valence-corrected chi connectivity index (χ3v) is 3.72. The van der Waals surface area contributed by atoms with Gasteiger partial charge in [0.15, 0.2) is 11.6 Å².